The van der Waals surface area contributed by atoms with Crippen molar-refractivity contribution in [3.8, 4) is 0 Å². The second-order valence-corrected chi connectivity index (χ2v) is 5.26. The molecule has 2 aromatic carbocycles. The van der Waals surface area contributed by atoms with Crippen LogP contribution in [0, 0.1) is 5.82 Å². The molecule has 3 rings (SSSR count). The van der Waals surface area contributed by atoms with E-state index in [0.717, 1.165) is 5.56 Å². The fourth-order valence-corrected chi connectivity index (χ4v) is 2.82. The van der Waals surface area contributed by atoms with Crippen LogP contribution < -0.4 is 0 Å². The molecule has 1 heterocycles. The summed E-state index contributed by atoms with van der Waals surface area (Å²) in [4.78, 5) is 25.2. The summed E-state index contributed by atoms with van der Waals surface area (Å²) in [6.45, 7) is 0.337. The Morgan fingerprint density at radius 2 is 2.00 bits per heavy atom. The Morgan fingerprint density at radius 1 is 1.23 bits per heavy atom. The standard InChI is InChI=1S/C17H14FNO3/c18-13-6-3-5-11(8-13)15(9-16(20)21)19-10-12-4-1-2-7-14(12)17(19)22/h1-8,15H,9-10H2,(H,20,21)/t15-/m0/s1. The molecule has 1 aliphatic heterocycles. The number of hydrogen-bond acceptors (Lipinski definition) is 2. The molecule has 1 amide bonds. The number of rotatable bonds is 4. The number of carboxylic acids is 1. The van der Waals surface area contributed by atoms with E-state index in [2.05, 4.69) is 0 Å². The van der Waals surface area contributed by atoms with Gasteiger partial charge in [0, 0.05) is 12.1 Å². The Hall–Kier alpha value is -2.69. The summed E-state index contributed by atoms with van der Waals surface area (Å²) >= 11 is 0. The topological polar surface area (TPSA) is 57.6 Å². The van der Waals surface area contributed by atoms with E-state index in [1.807, 2.05) is 12.1 Å². The van der Waals surface area contributed by atoms with E-state index in [-0.39, 0.29) is 12.3 Å². The van der Waals surface area contributed by atoms with Crippen LogP contribution in [0.25, 0.3) is 0 Å². The van der Waals surface area contributed by atoms with Gasteiger partial charge in [-0.2, -0.15) is 0 Å². The number of hydrogen-bond donors (Lipinski definition) is 1. The molecule has 1 atom stereocenters. The maximum absolute atomic E-state index is 13.5. The summed E-state index contributed by atoms with van der Waals surface area (Å²) in [6, 6.07) is 12.2. The number of amides is 1. The molecule has 1 N–H and O–H groups in total. The van der Waals surface area contributed by atoms with Crippen LogP contribution in [0.3, 0.4) is 0 Å². The fourth-order valence-electron chi connectivity index (χ4n) is 2.82. The number of fused-ring (bicyclic) bond motifs is 1. The minimum Gasteiger partial charge on any atom is -0.481 e. The minimum absolute atomic E-state index is 0.217. The molecule has 22 heavy (non-hydrogen) atoms. The first-order valence-corrected chi connectivity index (χ1v) is 6.92. The minimum atomic E-state index is -1.03. The monoisotopic (exact) mass is 299 g/mol. The van der Waals surface area contributed by atoms with Crippen LogP contribution in [0.15, 0.2) is 48.5 Å². The normalized spacial score (nSPS) is 14.8. The van der Waals surface area contributed by atoms with Gasteiger partial charge in [-0.3, -0.25) is 9.59 Å². The molecule has 112 valence electrons. The molecule has 0 saturated heterocycles. The maximum Gasteiger partial charge on any atom is 0.305 e. The third-order valence-corrected chi connectivity index (χ3v) is 3.83. The van der Waals surface area contributed by atoms with E-state index in [0.29, 0.717) is 17.7 Å². The van der Waals surface area contributed by atoms with Gasteiger partial charge in [-0.25, -0.2) is 4.39 Å². The predicted octanol–water partition coefficient (Wildman–Crippen LogP) is 3.00. The Bertz CT molecular complexity index is 744. The van der Waals surface area contributed by atoms with Crippen molar-refractivity contribution in [2.75, 3.05) is 0 Å². The van der Waals surface area contributed by atoms with Crippen LogP contribution >= 0.6 is 0 Å². The first-order valence-electron chi connectivity index (χ1n) is 6.92. The van der Waals surface area contributed by atoms with E-state index in [1.54, 1.807) is 18.2 Å². The quantitative estimate of drug-likeness (QED) is 0.944. The Kier molecular flexibility index (Phi) is 3.63. The van der Waals surface area contributed by atoms with Crippen LogP contribution in [0.2, 0.25) is 0 Å². The molecule has 0 fully saturated rings. The van der Waals surface area contributed by atoms with Gasteiger partial charge in [0.15, 0.2) is 0 Å². The van der Waals surface area contributed by atoms with Gasteiger partial charge >= 0.3 is 5.97 Å². The van der Waals surface area contributed by atoms with Gasteiger partial charge in [-0.15, -0.1) is 0 Å². The molecule has 0 aliphatic carbocycles. The number of nitrogens with zero attached hydrogens (tertiary/aromatic N) is 1. The van der Waals surface area contributed by atoms with Gasteiger partial charge in [-0.1, -0.05) is 30.3 Å². The number of carboxylic acid groups (broad SMARTS) is 1. The summed E-state index contributed by atoms with van der Waals surface area (Å²) in [5.41, 5.74) is 1.93. The second kappa shape index (κ2) is 5.60. The Balaban J connectivity index is 1.98. The molecule has 0 radical (unpaired) electrons. The SMILES string of the molecule is O=C(O)C[C@@H](c1cccc(F)c1)N1Cc2ccccc2C1=O. The van der Waals surface area contributed by atoms with Gasteiger partial charge in [0.1, 0.15) is 5.82 Å². The number of aliphatic carboxylic acids is 1. The Labute approximate surface area is 126 Å². The number of benzene rings is 2. The van der Waals surface area contributed by atoms with Crippen molar-refractivity contribution in [1.82, 2.24) is 4.90 Å². The lowest BCUT2D eigenvalue weighted by molar-refractivity contribution is -0.138. The summed E-state index contributed by atoms with van der Waals surface area (Å²) < 4.78 is 13.5. The zero-order valence-corrected chi connectivity index (χ0v) is 11.7. The molecule has 2 aromatic rings. The molecular weight excluding hydrogens is 285 g/mol. The molecule has 0 unspecified atom stereocenters. The highest BCUT2D eigenvalue weighted by molar-refractivity contribution is 5.98. The van der Waals surface area contributed by atoms with Gasteiger partial charge in [0.05, 0.1) is 12.5 Å². The van der Waals surface area contributed by atoms with Crippen LogP contribution in [-0.4, -0.2) is 21.9 Å². The lowest BCUT2D eigenvalue weighted by atomic mass is 10.0. The number of carbonyl (C=O) groups is 2. The third-order valence-electron chi connectivity index (χ3n) is 3.83. The molecule has 0 saturated carbocycles. The molecule has 5 heteroatoms. The van der Waals surface area contributed by atoms with Gasteiger partial charge in [-0.05, 0) is 29.3 Å². The van der Waals surface area contributed by atoms with E-state index in [9.17, 15) is 14.0 Å². The molecule has 0 spiro atoms. The average Bonchev–Trinajstić information content (AvgIpc) is 2.82. The Morgan fingerprint density at radius 3 is 2.68 bits per heavy atom. The lowest BCUT2D eigenvalue weighted by Gasteiger charge is -2.27. The summed E-state index contributed by atoms with van der Waals surface area (Å²) in [5, 5.41) is 9.15. The van der Waals surface area contributed by atoms with Crippen molar-refractivity contribution in [1.29, 1.82) is 0 Å². The van der Waals surface area contributed by atoms with E-state index < -0.39 is 17.8 Å². The third kappa shape index (κ3) is 2.57. The highest BCUT2D eigenvalue weighted by Gasteiger charge is 2.34. The summed E-state index contributed by atoms with van der Waals surface area (Å²) in [6.07, 6.45) is -0.261. The molecule has 4 nitrogen and oxygen atoms in total. The molecule has 0 bridgehead atoms. The largest absolute Gasteiger partial charge is 0.481 e. The summed E-state index contributed by atoms with van der Waals surface area (Å²) in [7, 11) is 0. The summed E-state index contributed by atoms with van der Waals surface area (Å²) in [5.74, 6) is -1.69. The molecular formula is C17H14FNO3. The van der Waals surface area contributed by atoms with Gasteiger partial charge in [0.25, 0.3) is 5.91 Å². The van der Waals surface area contributed by atoms with Crippen LogP contribution in [0.5, 0.6) is 0 Å². The van der Waals surface area contributed by atoms with E-state index >= 15 is 0 Å². The molecule has 0 aromatic heterocycles. The molecule has 1 aliphatic rings. The van der Waals surface area contributed by atoms with E-state index in [4.69, 9.17) is 5.11 Å². The highest BCUT2D eigenvalue weighted by Crippen LogP contribution is 2.33. The van der Waals surface area contributed by atoms with Gasteiger partial charge < -0.3 is 10.0 Å². The fraction of sp³-hybridized carbons (Fsp3) is 0.176. The van der Waals surface area contributed by atoms with Crippen LogP contribution in [0.4, 0.5) is 4.39 Å². The number of carbonyl (C=O) groups excluding carboxylic acids is 1. The lowest BCUT2D eigenvalue weighted by Crippen LogP contribution is -2.31. The van der Waals surface area contributed by atoms with Crippen molar-refractivity contribution < 1.29 is 19.1 Å². The van der Waals surface area contributed by atoms with Crippen molar-refractivity contribution >= 4 is 11.9 Å². The highest BCUT2D eigenvalue weighted by atomic mass is 19.1. The van der Waals surface area contributed by atoms with Crippen molar-refractivity contribution in [2.24, 2.45) is 0 Å². The van der Waals surface area contributed by atoms with Crippen molar-refractivity contribution in [3.63, 3.8) is 0 Å². The van der Waals surface area contributed by atoms with Gasteiger partial charge in [0.2, 0.25) is 0 Å². The average molecular weight is 299 g/mol. The van der Waals surface area contributed by atoms with E-state index in [1.165, 1.54) is 23.1 Å². The predicted molar refractivity (Wildman–Crippen MR) is 77.7 cm³/mol. The zero-order chi connectivity index (χ0) is 15.7. The first kappa shape index (κ1) is 14.3. The van der Waals surface area contributed by atoms with Crippen molar-refractivity contribution in [3.05, 3.63) is 71.0 Å². The van der Waals surface area contributed by atoms with Crippen LogP contribution in [-0.2, 0) is 11.3 Å². The smallest absolute Gasteiger partial charge is 0.305 e. The number of halogens is 1. The maximum atomic E-state index is 13.5. The van der Waals surface area contributed by atoms with Crippen molar-refractivity contribution in [2.45, 2.75) is 19.0 Å². The van der Waals surface area contributed by atoms with Crippen LogP contribution in [0.1, 0.15) is 33.9 Å². The second-order valence-electron chi connectivity index (χ2n) is 5.26. The first-order chi connectivity index (χ1) is 10.6. The zero-order valence-electron chi connectivity index (χ0n) is 11.7.